The first-order valence-electron chi connectivity index (χ1n) is 6.36. The molecule has 1 aromatic heterocycles. The van der Waals surface area contributed by atoms with Crippen molar-refractivity contribution < 1.29 is 9.53 Å². The van der Waals surface area contributed by atoms with Gasteiger partial charge < -0.3 is 10.5 Å². The van der Waals surface area contributed by atoms with Crippen molar-refractivity contribution in [1.29, 1.82) is 0 Å². The summed E-state index contributed by atoms with van der Waals surface area (Å²) in [5, 5.41) is 0.456. The maximum absolute atomic E-state index is 12.1. The van der Waals surface area contributed by atoms with Crippen molar-refractivity contribution in [3.63, 3.8) is 0 Å². The molecule has 1 aliphatic rings. The summed E-state index contributed by atoms with van der Waals surface area (Å²) in [5.74, 6) is 0.0830. The van der Waals surface area contributed by atoms with Gasteiger partial charge >= 0.3 is 5.97 Å². The summed E-state index contributed by atoms with van der Waals surface area (Å²) in [7, 11) is 0. The number of carbonyl (C=O) groups excluding carboxylic acids is 1. The summed E-state index contributed by atoms with van der Waals surface area (Å²) in [6.07, 6.45) is 4.68. The lowest BCUT2D eigenvalue weighted by Crippen LogP contribution is -2.24. The first-order valence-corrected chi connectivity index (χ1v) is 7.18. The Balaban J connectivity index is 2.24. The molecule has 1 heterocycles. The van der Waals surface area contributed by atoms with Gasteiger partial charge in [0.1, 0.15) is 5.60 Å². The number of hydrogen-bond acceptors (Lipinski definition) is 5. The van der Waals surface area contributed by atoms with Crippen molar-refractivity contribution in [3.05, 3.63) is 10.6 Å². The molecule has 0 amide bonds. The van der Waals surface area contributed by atoms with E-state index in [-0.39, 0.29) is 5.97 Å². The Morgan fingerprint density at radius 2 is 2.00 bits per heavy atom. The topological polar surface area (TPSA) is 65.2 Å². The number of esters is 1. The molecule has 0 aromatic carbocycles. The van der Waals surface area contributed by atoms with Gasteiger partial charge in [0.05, 0.1) is 0 Å². The highest BCUT2D eigenvalue weighted by atomic mass is 32.1. The van der Waals surface area contributed by atoms with Crippen LogP contribution < -0.4 is 5.73 Å². The van der Waals surface area contributed by atoms with E-state index in [9.17, 15) is 4.79 Å². The Hall–Kier alpha value is -1.10. The second-order valence-electron chi connectivity index (χ2n) is 5.75. The van der Waals surface area contributed by atoms with E-state index in [1.807, 2.05) is 20.8 Å². The zero-order valence-corrected chi connectivity index (χ0v) is 12.0. The number of anilines is 1. The second-order valence-corrected chi connectivity index (χ2v) is 6.81. The van der Waals surface area contributed by atoms with Crippen LogP contribution in [0.2, 0.25) is 0 Å². The van der Waals surface area contributed by atoms with E-state index >= 15 is 0 Å². The Kier molecular flexibility index (Phi) is 3.61. The molecule has 1 saturated carbocycles. The molecule has 0 saturated heterocycles. The van der Waals surface area contributed by atoms with Gasteiger partial charge in [-0.2, -0.15) is 0 Å². The number of carbonyl (C=O) groups is 1. The van der Waals surface area contributed by atoms with Crippen LogP contribution in [-0.4, -0.2) is 16.6 Å². The maximum Gasteiger partial charge on any atom is 0.358 e. The molecule has 0 radical (unpaired) electrons. The molecule has 1 fully saturated rings. The van der Waals surface area contributed by atoms with Gasteiger partial charge in [-0.25, -0.2) is 9.78 Å². The standard InChI is InChI=1S/C13H20N2O2S/c1-13(2,3)17-11(16)9-10(18-12(14)15-9)8-6-4-5-7-8/h8H,4-7H2,1-3H3,(H2,14,15). The van der Waals surface area contributed by atoms with Gasteiger partial charge in [-0.3, -0.25) is 0 Å². The number of rotatable bonds is 2. The Labute approximate surface area is 112 Å². The summed E-state index contributed by atoms with van der Waals surface area (Å²) in [5.41, 5.74) is 5.68. The number of nitrogens with two attached hydrogens (primary N) is 1. The molecule has 5 heteroatoms. The van der Waals surface area contributed by atoms with Gasteiger partial charge in [0, 0.05) is 4.88 Å². The van der Waals surface area contributed by atoms with Gasteiger partial charge in [0.15, 0.2) is 10.8 Å². The molecule has 2 rings (SSSR count). The minimum absolute atomic E-state index is 0.350. The number of thiazole rings is 1. The zero-order chi connectivity index (χ0) is 13.3. The van der Waals surface area contributed by atoms with E-state index in [1.165, 1.54) is 24.2 Å². The van der Waals surface area contributed by atoms with Crippen LogP contribution in [0.4, 0.5) is 5.13 Å². The SMILES string of the molecule is CC(C)(C)OC(=O)c1nc(N)sc1C1CCCC1. The van der Waals surface area contributed by atoms with E-state index < -0.39 is 5.60 Å². The molecule has 0 bridgehead atoms. The van der Waals surface area contributed by atoms with Crippen molar-refractivity contribution >= 4 is 22.4 Å². The lowest BCUT2D eigenvalue weighted by molar-refractivity contribution is 0.00622. The average Bonchev–Trinajstić information content (AvgIpc) is 2.82. The number of nitrogens with zero attached hydrogens (tertiary/aromatic N) is 1. The predicted octanol–water partition coefficient (Wildman–Crippen LogP) is 3.34. The molecule has 0 unspecified atom stereocenters. The van der Waals surface area contributed by atoms with Crippen molar-refractivity contribution in [3.8, 4) is 0 Å². The quantitative estimate of drug-likeness (QED) is 0.835. The van der Waals surface area contributed by atoms with Crippen LogP contribution in [0, 0.1) is 0 Å². The summed E-state index contributed by atoms with van der Waals surface area (Å²) < 4.78 is 5.39. The lowest BCUT2D eigenvalue weighted by atomic mass is 10.0. The molecular weight excluding hydrogens is 248 g/mol. The van der Waals surface area contributed by atoms with Crippen LogP contribution in [0.15, 0.2) is 0 Å². The van der Waals surface area contributed by atoms with Crippen LogP contribution >= 0.6 is 11.3 Å². The predicted molar refractivity (Wildman–Crippen MR) is 72.9 cm³/mol. The second kappa shape index (κ2) is 4.88. The molecule has 1 aromatic rings. The number of ether oxygens (including phenoxy) is 1. The molecular formula is C13H20N2O2S. The molecule has 2 N–H and O–H groups in total. The zero-order valence-electron chi connectivity index (χ0n) is 11.2. The van der Waals surface area contributed by atoms with Crippen LogP contribution in [-0.2, 0) is 4.74 Å². The van der Waals surface area contributed by atoms with Gasteiger partial charge in [-0.1, -0.05) is 12.8 Å². The smallest absolute Gasteiger partial charge is 0.358 e. The van der Waals surface area contributed by atoms with Crippen molar-refractivity contribution in [2.24, 2.45) is 0 Å². The number of hydrogen-bond donors (Lipinski definition) is 1. The number of nitrogen functional groups attached to an aromatic ring is 1. The van der Waals surface area contributed by atoms with Crippen LogP contribution in [0.3, 0.4) is 0 Å². The summed E-state index contributed by atoms with van der Waals surface area (Å²) in [6.45, 7) is 5.57. The first kappa shape index (κ1) is 13.3. The Morgan fingerprint density at radius 3 is 2.56 bits per heavy atom. The fourth-order valence-electron chi connectivity index (χ4n) is 2.29. The molecule has 18 heavy (non-hydrogen) atoms. The monoisotopic (exact) mass is 268 g/mol. The fraction of sp³-hybridized carbons (Fsp3) is 0.692. The van der Waals surface area contributed by atoms with Crippen molar-refractivity contribution in [2.45, 2.75) is 58.0 Å². The first-order chi connectivity index (χ1) is 8.37. The maximum atomic E-state index is 12.1. The van der Waals surface area contributed by atoms with Gasteiger partial charge in [0.2, 0.25) is 0 Å². The third kappa shape index (κ3) is 3.02. The highest BCUT2D eigenvalue weighted by Gasteiger charge is 2.29. The highest BCUT2D eigenvalue weighted by Crippen LogP contribution is 2.40. The average molecular weight is 268 g/mol. The molecule has 4 nitrogen and oxygen atoms in total. The molecule has 0 aliphatic heterocycles. The van der Waals surface area contributed by atoms with Gasteiger partial charge in [0.25, 0.3) is 0 Å². The van der Waals surface area contributed by atoms with Crippen molar-refractivity contribution in [1.82, 2.24) is 4.98 Å². The summed E-state index contributed by atoms with van der Waals surface area (Å²) in [6, 6.07) is 0. The lowest BCUT2D eigenvalue weighted by Gasteiger charge is -2.19. The Morgan fingerprint density at radius 1 is 1.39 bits per heavy atom. The van der Waals surface area contributed by atoms with Gasteiger partial charge in [-0.15, -0.1) is 11.3 Å². The summed E-state index contributed by atoms with van der Waals surface area (Å²) >= 11 is 1.43. The molecule has 0 atom stereocenters. The van der Waals surface area contributed by atoms with Crippen LogP contribution in [0.25, 0.3) is 0 Å². The van der Waals surface area contributed by atoms with E-state index in [4.69, 9.17) is 10.5 Å². The van der Waals surface area contributed by atoms with Crippen LogP contribution in [0.5, 0.6) is 0 Å². The molecule has 0 spiro atoms. The van der Waals surface area contributed by atoms with Gasteiger partial charge in [-0.05, 0) is 39.5 Å². The highest BCUT2D eigenvalue weighted by molar-refractivity contribution is 7.15. The van der Waals surface area contributed by atoms with E-state index in [1.54, 1.807) is 0 Å². The number of aromatic nitrogens is 1. The third-order valence-electron chi connectivity index (χ3n) is 2.99. The molecule has 1 aliphatic carbocycles. The normalized spacial score (nSPS) is 17.1. The van der Waals surface area contributed by atoms with Crippen molar-refractivity contribution in [2.75, 3.05) is 5.73 Å². The van der Waals surface area contributed by atoms with Crippen LogP contribution in [0.1, 0.15) is 67.7 Å². The van der Waals surface area contributed by atoms with E-state index in [2.05, 4.69) is 4.98 Å². The van der Waals surface area contributed by atoms with E-state index in [0.29, 0.717) is 16.7 Å². The summed E-state index contributed by atoms with van der Waals surface area (Å²) in [4.78, 5) is 17.3. The van der Waals surface area contributed by atoms with E-state index in [0.717, 1.165) is 17.7 Å². The third-order valence-corrected chi connectivity index (χ3v) is 4.04. The Bertz CT molecular complexity index is 442. The largest absolute Gasteiger partial charge is 0.455 e. The minimum atomic E-state index is -0.498. The minimum Gasteiger partial charge on any atom is -0.455 e. The fourth-order valence-corrected chi connectivity index (χ4v) is 3.28. The molecule has 100 valence electrons.